The van der Waals surface area contributed by atoms with Gasteiger partial charge >= 0.3 is 0 Å². The summed E-state index contributed by atoms with van der Waals surface area (Å²) in [5.41, 5.74) is 6.32. The minimum atomic E-state index is 0.938. The Kier molecular flexibility index (Phi) is 7.24. The third kappa shape index (κ3) is 4.96. The maximum Gasteiger partial charge on any atom is 0.0752 e. The summed E-state index contributed by atoms with van der Waals surface area (Å²) in [7, 11) is 0. The molecule has 0 amide bonds. The Morgan fingerprint density at radius 1 is 1.09 bits per heavy atom. The molecule has 0 fully saturated rings. The summed E-state index contributed by atoms with van der Waals surface area (Å²) in [6.07, 6.45) is 4.76. The van der Waals surface area contributed by atoms with Gasteiger partial charge in [0.05, 0.1) is 11.4 Å². The van der Waals surface area contributed by atoms with Crippen LogP contribution in [0.3, 0.4) is 0 Å². The van der Waals surface area contributed by atoms with Crippen LogP contribution in [0.1, 0.15) is 41.0 Å². The average Bonchev–Trinajstić information content (AvgIpc) is 2.47. The Bertz CT molecular complexity index is 625. The Balaban J connectivity index is 3.53. The lowest BCUT2D eigenvalue weighted by Gasteiger charge is -2.14. The van der Waals surface area contributed by atoms with E-state index in [1.54, 1.807) is 6.20 Å². The molecule has 0 bridgehead atoms. The van der Waals surface area contributed by atoms with Crippen molar-refractivity contribution in [2.75, 3.05) is 0 Å². The van der Waals surface area contributed by atoms with Gasteiger partial charge in [0.2, 0.25) is 0 Å². The lowest BCUT2D eigenvalue weighted by Crippen LogP contribution is -2.13. The van der Waals surface area contributed by atoms with Crippen molar-refractivity contribution < 1.29 is 0 Å². The van der Waals surface area contributed by atoms with Gasteiger partial charge in [0.15, 0.2) is 0 Å². The van der Waals surface area contributed by atoms with E-state index >= 15 is 0 Å². The standard InChI is InChI=1S/C20H26N2/c1-7-12-16(5)20(22-18-13-10-9-11-14-18)19(15(3)4)17(6)21-8-2/h8-14H,2,7H2,1,3-6H3/b16-12+,21-17?,22-20?. The van der Waals surface area contributed by atoms with Crippen molar-refractivity contribution in [3.8, 4) is 0 Å². The number of rotatable bonds is 6. The topological polar surface area (TPSA) is 24.7 Å². The van der Waals surface area contributed by atoms with Gasteiger partial charge in [-0.2, -0.15) is 0 Å². The fraction of sp³-hybridized carbons (Fsp3) is 0.300. The van der Waals surface area contributed by atoms with Crippen LogP contribution in [-0.4, -0.2) is 11.4 Å². The molecule has 0 N–H and O–H groups in total. The number of nitrogens with zero attached hydrogens (tertiary/aromatic N) is 2. The highest BCUT2D eigenvalue weighted by molar-refractivity contribution is 6.30. The fourth-order valence-corrected chi connectivity index (χ4v) is 2.35. The van der Waals surface area contributed by atoms with Crippen LogP contribution in [-0.2, 0) is 0 Å². The molecule has 0 aliphatic carbocycles. The van der Waals surface area contributed by atoms with Crippen molar-refractivity contribution in [2.45, 2.75) is 41.0 Å². The number of hydrogen-bond acceptors (Lipinski definition) is 2. The van der Waals surface area contributed by atoms with Crippen molar-refractivity contribution in [1.29, 1.82) is 0 Å². The molecule has 0 unspecified atom stereocenters. The third-order valence-electron chi connectivity index (χ3n) is 3.26. The maximum atomic E-state index is 4.88. The van der Waals surface area contributed by atoms with Crippen molar-refractivity contribution in [1.82, 2.24) is 0 Å². The highest BCUT2D eigenvalue weighted by Gasteiger charge is 2.14. The number of benzene rings is 1. The van der Waals surface area contributed by atoms with E-state index in [4.69, 9.17) is 4.99 Å². The first-order valence-electron chi connectivity index (χ1n) is 7.65. The number of allylic oxidation sites excluding steroid dienone is 4. The molecule has 2 nitrogen and oxygen atoms in total. The van der Waals surface area contributed by atoms with Gasteiger partial charge in [0.25, 0.3) is 0 Å². The van der Waals surface area contributed by atoms with Crippen LogP contribution in [0.4, 0.5) is 5.69 Å². The minimum Gasteiger partial charge on any atom is -0.262 e. The Labute approximate surface area is 134 Å². The highest BCUT2D eigenvalue weighted by atomic mass is 14.8. The minimum absolute atomic E-state index is 0.938. The molecule has 0 aliphatic rings. The molecule has 116 valence electrons. The molecule has 0 spiro atoms. The first-order valence-corrected chi connectivity index (χ1v) is 7.65. The quantitative estimate of drug-likeness (QED) is 0.570. The zero-order valence-electron chi connectivity index (χ0n) is 14.4. The van der Waals surface area contributed by atoms with E-state index in [1.165, 1.54) is 11.1 Å². The van der Waals surface area contributed by atoms with Gasteiger partial charge in [-0.15, -0.1) is 0 Å². The number of para-hydroxylation sites is 1. The summed E-state index contributed by atoms with van der Waals surface area (Å²) in [4.78, 5) is 9.24. The van der Waals surface area contributed by atoms with E-state index in [0.717, 1.165) is 29.1 Å². The summed E-state index contributed by atoms with van der Waals surface area (Å²) in [5, 5.41) is 0. The Morgan fingerprint density at radius 2 is 1.73 bits per heavy atom. The number of hydrogen-bond donors (Lipinski definition) is 0. The Hall–Kier alpha value is -2.22. The van der Waals surface area contributed by atoms with Crippen LogP contribution >= 0.6 is 0 Å². The van der Waals surface area contributed by atoms with E-state index in [9.17, 15) is 0 Å². The van der Waals surface area contributed by atoms with Crippen LogP contribution in [0.15, 0.2) is 75.9 Å². The molecule has 0 aromatic heterocycles. The maximum absolute atomic E-state index is 4.88. The second-order valence-electron chi connectivity index (χ2n) is 5.36. The predicted molar refractivity (Wildman–Crippen MR) is 99.3 cm³/mol. The molecule has 0 heterocycles. The predicted octanol–water partition coefficient (Wildman–Crippen LogP) is 6.06. The van der Waals surface area contributed by atoms with Gasteiger partial charge in [-0.05, 0) is 51.8 Å². The zero-order valence-corrected chi connectivity index (χ0v) is 14.4. The summed E-state index contributed by atoms with van der Waals surface area (Å²) in [6, 6.07) is 10.0. The lowest BCUT2D eigenvalue weighted by molar-refractivity contribution is 1.20. The fourth-order valence-electron chi connectivity index (χ4n) is 2.35. The Morgan fingerprint density at radius 3 is 2.23 bits per heavy atom. The molecule has 22 heavy (non-hydrogen) atoms. The van der Waals surface area contributed by atoms with E-state index in [1.807, 2.05) is 37.3 Å². The largest absolute Gasteiger partial charge is 0.262 e. The average molecular weight is 294 g/mol. The van der Waals surface area contributed by atoms with Crippen LogP contribution in [0.2, 0.25) is 0 Å². The van der Waals surface area contributed by atoms with Crippen molar-refractivity contribution in [3.05, 3.63) is 65.9 Å². The van der Waals surface area contributed by atoms with Gasteiger partial charge in [-0.1, -0.05) is 43.4 Å². The van der Waals surface area contributed by atoms with Gasteiger partial charge < -0.3 is 0 Å². The SMILES string of the molecule is C=CN=C(C)C(C(=Nc1ccccc1)/C(C)=C/CC)=C(C)C. The van der Waals surface area contributed by atoms with E-state index in [-0.39, 0.29) is 0 Å². The normalized spacial score (nSPS) is 13.0. The van der Waals surface area contributed by atoms with Crippen LogP contribution in [0.25, 0.3) is 0 Å². The van der Waals surface area contributed by atoms with Crippen molar-refractivity contribution in [2.24, 2.45) is 9.98 Å². The molecule has 1 aromatic carbocycles. The molecule has 1 aromatic rings. The zero-order chi connectivity index (χ0) is 16.5. The van der Waals surface area contributed by atoms with Gasteiger partial charge in [0, 0.05) is 17.5 Å². The second-order valence-corrected chi connectivity index (χ2v) is 5.36. The third-order valence-corrected chi connectivity index (χ3v) is 3.26. The van der Waals surface area contributed by atoms with Crippen LogP contribution in [0, 0.1) is 0 Å². The summed E-state index contributed by atoms with van der Waals surface area (Å²) in [6.45, 7) is 14.1. The first kappa shape index (κ1) is 17.8. The van der Waals surface area contributed by atoms with Crippen molar-refractivity contribution >= 4 is 17.1 Å². The molecule has 0 radical (unpaired) electrons. The first-order chi connectivity index (χ1) is 10.5. The molecular formula is C20H26N2. The molecule has 0 saturated heterocycles. The van der Waals surface area contributed by atoms with Gasteiger partial charge in [-0.3, -0.25) is 4.99 Å². The van der Waals surface area contributed by atoms with Crippen LogP contribution in [0.5, 0.6) is 0 Å². The monoisotopic (exact) mass is 294 g/mol. The number of aliphatic imine (C=N–C) groups is 2. The second kappa shape index (κ2) is 8.93. The summed E-state index contributed by atoms with van der Waals surface area (Å²) in [5.74, 6) is 0. The molecule has 0 saturated carbocycles. The summed E-state index contributed by atoms with van der Waals surface area (Å²) < 4.78 is 0. The van der Waals surface area contributed by atoms with Crippen molar-refractivity contribution in [3.63, 3.8) is 0 Å². The van der Waals surface area contributed by atoms with Crippen LogP contribution < -0.4 is 0 Å². The molecule has 1 rings (SSSR count). The van der Waals surface area contributed by atoms with Gasteiger partial charge in [0.1, 0.15) is 0 Å². The van der Waals surface area contributed by atoms with E-state index in [2.05, 4.69) is 45.3 Å². The van der Waals surface area contributed by atoms with E-state index < -0.39 is 0 Å². The molecular weight excluding hydrogens is 268 g/mol. The van der Waals surface area contributed by atoms with E-state index in [0.29, 0.717) is 0 Å². The molecule has 0 aliphatic heterocycles. The summed E-state index contributed by atoms with van der Waals surface area (Å²) >= 11 is 0. The molecule has 2 heteroatoms. The highest BCUT2D eigenvalue weighted by Crippen LogP contribution is 2.20. The van der Waals surface area contributed by atoms with Gasteiger partial charge in [-0.25, -0.2) is 4.99 Å². The lowest BCUT2D eigenvalue weighted by atomic mass is 9.95. The molecule has 0 atom stereocenters. The smallest absolute Gasteiger partial charge is 0.0752 e.